The van der Waals surface area contributed by atoms with Crippen molar-refractivity contribution >= 4 is 11.9 Å². The molecule has 8 nitrogen and oxygen atoms in total. The smallest absolute Gasteiger partial charge is 0.308 e. The van der Waals surface area contributed by atoms with E-state index in [-0.39, 0.29) is 65.0 Å². The van der Waals surface area contributed by atoms with Crippen molar-refractivity contribution in [2.24, 2.45) is 0 Å². The lowest BCUT2D eigenvalue weighted by molar-refractivity contribution is -0.151. The van der Waals surface area contributed by atoms with Gasteiger partial charge in [-0.15, -0.1) is 0 Å². The highest BCUT2D eigenvalue weighted by Crippen LogP contribution is 1.91. The second-order valence-corrected chi connectivity index (χ2v) is 3.84. The third-order valence-corrected chi connectivity index (χ3v) is 2.16. The molecule has 0 atom stereocenters. The van der Waals surface area contributed by atoms with Gasteiger partial charge in [-0.05, 0) is 0 Å². The Hall–Kier alpha value is -1.64. The summed E-state index contributed by atoms with van der Waals surface area (Å²) < 4.78 is 29.5. The van der Waals surface area contributed by atoms with Crippen LogP contribution in [0.4, 0.5) is 0 Å². The molecule has 22 heavy (non-hydrogen) atoms. The van der Waals surface area contributed by atoms with Crippen LogP contribution in [0.5, 0.6) is 0 Å². The molecule has 0 aromatic rings. The van der Waals surface area contributed by atoms with E-state index in [1.54, 1.807) is 6.92 Å². The highest BCUT2D eigenvalue weighted by atomic mass is 16.7. The van der Waals surface area contributed by atoms with Gasteiger partial charge >= 0.3 is 11.9 Å². The van der Waals surface area contributed by atoms with Crippen molar-refractivity contribution in [1.82, 2.24) is 0 Å². The first-order valence-electron chi connectivity index (χ1n) is 6.97. The fourth-order valence-corrected chi connectivity index (χ4v) is 1.09. The van der Waals surface area contributed by atoms with Crippen LogP contribution in [0.15, 0.2) is 12.8 Å². The van der Waals surface area contributed by atoms with E-state index in [9.17, 15) is 9.59 Å². The molecule has 0 aliphatic rings. The van der Waals surface area contributed by atoms with Gasteiger partial charge in [0.25, 0.3) is 0 Å². The Bertz CT molecular complexity index is 305. The zero-order valence-corrected chi connectivity index (χ0v) is 12.9. The Morgan fingerprint density at radius 1 is 0.864 bits per heavy atom. The maximum atomic E-state index is 11.3. The molecule has 8 heteroatoms. The zero-order valence-electron chi connectivity index (χ0n) is 12.9. The molecule has 0 aliphatic heterocycles. The molecule has 0 saturated heterocycles. The van der Waals surface area contributed by atoms with E-state index in [0.717, 1.165) is 0 Å². The lowest BCUT2D eigenvalue weighted by Crippen LogP contribution is -2.14. The van der Waals surface area contributed by atoms with Crippen molar-refractivity contribution in [3.63, 3.8) is 0 Å². The number of carbonyl (C=O) groups excluding carboxylic acids is 2. The topological polar surface area (TPSA) is 89.5 Å². The summed E-state index contributed by atoms with van der Waals surface area (Å²) in [6.07, 6.45) is 1.72. The fourth-order valence-electron chi connectivity index (χ4n) is 1.09. The van der Waals surface area contributed by atoms with Gasteiger partial charge in [0, 0.05) is 6.42 Å². The summed E-state index contributed by atoms with van der Waals surface area (Å²) in [7, 11) is 0. The molecular formula is C14H24O8. The Labute approximate surface area is 130 Å². The predicted octanol–water partition coefficient (Wildman–Crippen LogP) is 0.998. The van der Waals surface area contributed by atoms with Gasteiger partial charge in [-0.25, -0.2) is 0 Å². The summed E-state index contributed by atoms with van der Waals surface area (Å²) in [5.41, 5.74) is 0. The van der Waals surface area contributed by atoms with Crippen LogP contribution in [-0.4, -0.2) is 58.6 Å². The molecule has 0 aromatic heterocycles. The number of hydrogen-bond donors (Lipinski definition) is 0. The first kappa shape index (κ1) is 20.4. The highest BCUT2D eigenvalue weighted by molar-refractivity contribution is 5.69. The molecule has 0 aromatic carbocycles. The molecule has 0 spiro atoms. The Morgan fingerprint density at radius 2 is 1.45 bits per heavy atom. The van der Waals surface area contributed by atoms with Crippen LogP contribution < -0.4 is 0 Å². The van der Waals surface area contributed by atoms with Crippen LogP contribution >= 0.6 is 0 Å². The summed E-state index contributed by atoms with van der Waals surface area (Å²) >= 11 is 0. The van der Waals surface area contributed by atoms with E-state index in [1.807, 2.05) is 0 Å². The SMILES string of the molecule is C=COCOCCOC(=O)CCOCOCCOC(=O)CC. The first-order valence-corrected chi connectivity index (χ1v) is 6.97. The van der Waals surface area contributed by atoms with E-state index in [1.165, 1.54) is 6.26 Å². The largest absolute Gasteiger partial charge is 0.476 e. The van der Waals surface area contributed by atoms with Gasteiger partial charge in [0.2, 0.25) is 0 Å². The van der Waals surface area contributed by atoms with Crippen LogP contribution in [-0.2, 0) is 38.0 Å². The minimum absolute atomic E-state index is 0.0267. The third-order valence-electron chi connectivity index (χ3n) is 2.16. The van der Waals surface area contributed by atoms with Crippen LogP contribution in [0.25, 0.3) is 0 Å². The van der Waals surface area contributed by atoms with Gasteiger partial charge in [-0.3, -0.25) is 9.59 Å². The van der Waals surface area contributed by atoms with Gasteiger partial charge in [0.05, 0.1) is 32.5 Å². The second kappa shape index (κ2) is 15.7. The molecule has 0 bridgehead atoms. The van der Waals surface area contributed by atoms with Gasteiger partial charge in [0.15, 0.2) is 6.79 Å². The van der Waals surface area contributed by atoms with E-state index in [2.05, 4.69) is 6.58 Å². The summed E-state index contributed by atoms with van der Waals surface area (Å²) in [6.45, 7) is 6.20. The van der Waals surface area contributed by atoms with Crippen molar-refractivity contribution in [3.05, 3.63) is 12.8 Å². The Kier molecular flexibility index (Phi) is 14.6. The third kappa shape index (κ3) is 14.8. The Balaban J connectivity index is 3.21. The number of esters is 2. The summed E-state index contributed by atoms with van der Waals surface area (Å²) in [6, 6.07) is 0. The quantitative estimate of drug-likeness (QED) is 0.191. The molecule has 0 saturated carbocycles. The maximum absolute atomic E-state index is 11.3. The minimum atomic E-state index is -0.384. The van der Waals surface area contributed by atoms with Crippen molar-refractivity contribution in [2.45, 2.75) is 19.8 Å². The average Bonchev–Trinajstić information content (AvgIpc) is 2.52. The van der Waals surface area contributed by atoms with E-state index in [4.69, 9.17) is 28.4 Å². The molecule has 0 unspecified atom stereocenters. The van der Waals surface area contributed by atoms with E-state index in [0.29, 0.717) is 6.42 Å². The van der Waals surface area contributed by atoms with Crippen LogP contribution in [0.1, 0.15) is 19.8 Å². The molecular weight excluding hydrogens is 296 g/mol. The van der Waals surface area contributed by atoms with Gasteiger partial charge in [-0.2, -0.15) is 0 Å². The molecule has 0 aliphatic carbocycles. The van der Waals surface area contributed by atoms with E-state index >= 15 is 0 Å². The van der Waals surface area contributed by atoms with Gasteiger partial charge in [-0.1, -0.05) is 13.5 Å². The van der Waals surface area contributed by atoms with Crippen molar-refractivity contribution in [3.8, 4) is 0 Å². The zero-order chi connectivity index (χ0) is 16.5. The second-order valence-electron chi connectivity index (χ2n) is 3.84. The van der Waals surface area contributed by atoms with Crippen molar-refractivity contribution < 1.29 is 38.0 Å². The molecule has 0 heterocycles. The number of hydrogen-bond acceptors (Lipinski definition) is 8. The standard InChI is InChI=1S/C14H24O8/c1-3-13(15)21-9-7-20-12-18-6-5-14(16)22-10-8-19-11-17-4-2/h4H,2-3,5-12H2,1H3. The van der Waals surface area contributed by atoms with Crippen molar-refractivity contribution in [1.29, 1.82) is 0 Å². The monoisotopic (exact) mass is 320 g/mol. The lowest BCUT2D eigenvalue weighted by atomic mass is 10.5. The Morgan fingerprint density at radius 3 is 2.09 bits per heavy atom. The lowest BCUT2D eigenvalue weighted by Gasteiger charge is -2.07. The predicted molar refractivity (Wildman–Crippen MR) is 75.7 cm³/mol. The normalized spacial score (nSPS) is 10.0. The van der Waals surface area contributed by atoms with Gasteiger partial charge in [0.1, 0.15) is 20.0 Å². The maximum Gasteiger partial charge on any atom is 0.308 e. The van der Waals surface area contributed by atoms with Gasteiger partial charge < -0.3 is 28.4 Å². The molecule has 0 fully saturated rings. The fraction of sp³-hybridized carbons (Fsp3) is 0.714. The first-order chi connectivity index (χ1) is 10.7. The molecule has 0 N–H and O–H groups in total. The van der Waals surface area contributed by atoms with Crippen LogP contribution in [0.2, 0.25) is 0 Å². The van der Waals surface area contributed by atoms with E-state index < -0.39 is 0 Å². The van der Waals surface area contributed by atoms with Crippen molar-refractivity contribution in [2.75, 3.05) is 46.6 Å². The summed E-state index contributed by atoms with van der Waals surface area (Å²) in [4.78, 5) is 22.1. The number of carbonyl (C=O) groups is 2. The molecule has 0 rings (SSSR count). The summed E-state index contributed by atoms with van der Waals surface area (Å²) in [5, 5.41) is 0. The molecule has 128 valence electrons. The average molecular weight is 320 g/mol. The highest BCUT2D eigenvalue weighted by Gasteiger charge is 2.03. The minimum Gasteiger partial charge on any atom is -0.476 e. The molecule has 0 amide bonds. The van der Waals surface area contributed by atoms with Crippen LogP contribution in [0.3, 0.4) is 0 Å². The van der Waals surface area contributed by atoms with Crippen LogP contribution in [0, 0.1) is 0 Å². The molecule has 0 radical (unpaired) electrons. The number of ether oxygens (including phenoxy) is 6. The number of rotatable bonds is 15. The summed E-state index contributed by atoms with van der Waals surface area (Å²) in [5.74, 6) is -0.655.